The van der Waals surface area contributed by atoms with E-state index in [2.05, 4.69) is 9.97 Å². The van der Waals surface area contributed by atoms with Crippen molar-refractivity contribution in [3.05, 3.63) is 40.4 Å². The summed E-state index contributed by atoms with van der Waals surface area (Å²) >= 11 is 0. The molecule has 104 valence electrons. The monoisotopic (exact) mass is 272 g/mol. The van der Waals surface area contributed by atoms with Gasteiger partial charge in [0.05, 0.1) is 16.8 Å². The zero-order chi connectivity index (χ0) is 13.9. The molecule has 1 saturated carbocycles. The first-order valence-electron chi connectivity index (χ1n) is 6.88. The minimum atomic E-state index is -0.206. The maximum Gasteiger partial charge on any atom is 0.309 e. The lowest BCUT2D eigenvalue weighted by Gasteiger charge is -2.09. The molecule has 2 aromatic rings. The Bertz CT molecular complexity index is 687. The molecule has 1 N–H and O–H groups in total. The second kappa shape index (κ2) is 5.45. The van der Waals surface area contributed by atoms with Crippen molar-refractivity contribution in [2.75, 3.05) is 0 Å². The summed E-state index contributed by atoms with van der Waals surface area (Å²) in [5, 5.41) is 0.540. The van der Waals surface area contributed by atoms with Crippen LogP contribution in [0.5, 0.6) is 0 Å². The molecule has 1 fully saturated rings. The van der Waals surface area contributed by atoms with E-state index in [9.17, 15) is 9.59 Å². The molecule has 3 rings (SSSR count). The highest BCUT2D eigenvalue weighted by Crippen LogP contribution is 2.25. The number of ether oxygens (including phenoxy) is 1. The number of carbonyl (C=O) groups is 1. The van der Waals surface area contributed by atoms with E-state index < -0.39 is 0 Å². The Balaban J connectivity index is 1.74. The predicted octanol–water partition coefficient (Wildman–Crippen LogP) is 2.16. The first kappa shape index (κ1) is 12.8. The van der Waals surface area contributed by atoms with Crippen molar-refractivity contribution < 1.29 is 9.53 Å². The molecule has 1 aliphatic rings. The van der Waals surface area contributed by atoms with Gasteiger partial charge >= 0.3 is 5.97 Å². The molecule has 5 nitrogen and oxygen atoms in total. The first-order chi connectivity index (χ1) is 9.74. The van der Waals surface area contributed by atoms with Crippen molar-refractivity contribution in [1.29, 1.82) is 0 Å². The highest BCUT2D eigenvalue weighted by atomic mass is 16.5. The van der Waals surface area contributed by atoms with E-state index in [0.717, 1.165) is 25.7 Å². The van der Waals surface area contributed by atoms with Crippen molar-refractivity contribution in [1.82, 2.24) is 9.97 Å². The fourth-order valence-electron chi connectivity index (χ4n) is 2.62. The van der Waals surface area contributed by atoms with Gasteiger partial charge in [0.25, 0.3) is 5.56 Å². The van der Waals surface area contributed by atoms with Crippen molar-refractivity contribution in [3.63, 3.8) is 0 Å². The summed E-state index contributed by atoms with van der Waals surface area (Å²) in [7, 11) is 0. The van der Waals surface area contributed by atoms with Crippen LogP contribution in [0, 0.1) is 5.92 Å². The van der Waals surface area contributed by atoms with Crippen LogP contribution in [0.3, 0.4) is 0 Å². The number of esters is 1. The number of fused-ring (bicyclic) bond motifs is 1. The molecular formula is C15H16N2O3. The zero-order valence-electron chi connectivity index (χ0n) is 11.1. The Morgan fingerprint density at radius 2 is 2.05 bits per heavy atom. The molecule has 0 spiro atoms. The van der Waals surface area contributed by atoms with E-state index >= 15 is 0 Å². The highest BCUT2D eigenvalue weighted by molar-refractivity contribution is 5.77. The molecule has 0 saturated heterocycles. The molecule has 1 aliphatic carbocycles. The first-order valence-corrected chi connectivity index (χ1v) is 6.88. The van der Waals surface area contributed by atoms with Gasteiger partial charge in [-0.1, -0.05) is 25.0 Å². The van der Waals surface area contributed by atoms with Gasteiger partial charge in [-0.25, -0.2) is 4.98 Å². The van der Waals surface area contributed by atoms with E-state index in [1.807, 2.05) is 6.07 Å². The third-order valence-electron chi connectivity index (χ3n) is 3.70. The smallest absolute Gasteiger partial charge is 0.309 e. The Hall–Kier alpha value is -2.17. The van der Waals surface area contributed by atoms with Crippen molar-refractivity contribution >= 4 is 16.9 Å². The Labute approximate surface area is 116 Å². The fourth-order valence-corrected chi connectivity index (χ4v) is 2.62. The molecule has 0 amide bonds. The number of carbonyl (C=O) groups excluding carboxylic acids is 1. The van der Waals surface area contributed by atoms with Gasteiger partial charge in [-0.05, 0) is 25.0 Å². The van der Waals surface area contributed by atoms with Crippen LogP contribution in [0.25, 0.3) is 10.9 Å². The van der Waals surface area contributed by atoms with E-state index in [-0.39, 0.29) is 24.1 Å². The van der Waals surface area contributed by atoms with Gasteiger partial charge in [0, 0.05) is 0 Å². The van der Waals surface area contributed by atoms with Crippen LogP contribution < -0.4 is 5.56 Å². The van der Waals surface area contributed by atoms with Gasteiger partial charge in [-0.15, -0.1) is 0 Å². The number of rotatable bonds is 3. The van der Waals surface area contributed by atoms with Crippen LogP contribution in [0.15, 0.2) is 29.1 Å². The lowest BCUT2D eigenvalue weighted by Crippen LogP contribution is -2.18. The molecule has 0 radical (unpaired) electrons. The molecule has 20 heavy (non-hydrogen) atoms. The highest BCUT2D eigenvalue weighted by Gasteiger charge is 2.24. The fraction of sp³-hybridized carbons (Fsp3) is 0.400. The van der Waals surface area contributed by atoms with Gasteiger partial charge < -0.3 is 9.72 Å². The molecule has 0 bridgehead atoms. The third kappa shape index (κ3) is 2.57. The topological polar surface area (TPSA) is 72.0 Å². The molecule has 0 unspecified atom stereocenters. The Morgan fingerprint density at radius 3 is 2.85 bits per heavy atom. The number of aromatic nitrogens is 2. The van der Waals surface area contributed by atoms with Gasteiger partial charge in [-0.2, -0.15) is 0 Å². The minimum absolute atomic E-state index is 0.0159. The summed E-state index contributed by atoms with van der Waals surface area (Å²) in [6, 6.07) is 7.10. The van der Waals surface area contributed by atoms with Crippen LogP contribution in [0.1, 0.15) is 31.5 Å². The van der Waals surface area contributed by atoms with Crippen molar-refractivity contribution in [2.24, 2.45) is 5.92 Å². The number of hydrogen-bond acceptors (Lipinski definition) is 4. The van der Waals surface area contributed by atoms with Crippen molar-refractivity contribution in [2.45, 2.75) is 32.3 Å². The van der Waals surface area contributed by atoms with Gasteiger partial charge in [0.1, 0.15) is 12.4 Å². The van der Waals surface area contributed by atoms with Gasteiger partial charge in [0.2, 0.25) is 0 Å². The lowest BCUT2D eigenvalue weighted by molar-refractivity contribution is -0.149. The summed E-state index contributed by atoms with van der Waals surface area (Å²) in [6.07, 6.45) is 3.98. The summed E-state index contributed by atoms with van der Waals surface area (Å²) in [5.74, 6) is 0.223. The van der Waals surface area contributed by atoms with Gasteiger partial charge in [-0.3, -0.25) is 9.59 Å². The molecule has 0 aliphatic heterocycles. The average Bonchev–Trinajstić information content (AvgIpc) is 2.99. The number of H-pyrrole nitrogens is 1. The Kier molecular flexibility index (Phi) is 3.50. The number of hydrogen-bond donors (Lipinski definition) is 1. The normalized spacial score (nSPS) is 15.6. The average molecular weight is 272 g/mol. The SMILES string of the molecule is O=C(OCc1nc2ccccc2c(=O)[nH]1)C1CCCC1. The second-order valence-electron chi connectivity index (χ2n) is 5.12. The molecule has 1 heterocycles. The van der Waals surface area contributed by atoms with E-state index in [0.29, 0.717) is 16.7 Å². The van der Waals surface area contributed by atoms with Crippen LogP contribution >= 0.6 is 0 Å². The van der Waals surface area contributed by atoms with E-state index in [1.165, 1.54) is 0 Å². The maximum absolute atomic E-state index is 11.9. The number of aromatic amines is 1. The zero-order valence-corrected chi connectivity index (χ0v) is 11.1. The largest absolute Gasteiger partial charge is 0.457 e. The molecule has 1 aromatic carbocycles. The second-order valence-corrected chi connectivity index (χ2v) is 5.12. The van der Waals surface area contributed by atoms with Crippen molar-refractivity contribution in [3.8, 4) is 0 Å². The quantitative estimate of drug-likeness (QED) is 0.869. The molecular weight excluding hydrogens is 256 g/mol. The lowest BCUT2D eigenvalue weighted by atomic mass is 10.1. The summed E-state index contributed by atoms with van der Waals surface area (Å²) < 4.78 is 5.24. The predicted molar refractivity (Wildman–Crippen MR) is 74.1 cm³/mol. The Morgan fingerprint density at radius 1 is 1.30 bits per heavy atom. The third-order valence-corrected chi connectivity index (χ3v) is 3.70. The number of benzene rings is 1. The van der Waals surface area contributed by atoms with Crippen LogP contribution in [-0.4, -0.2) is 15.9 Å². The van der Waals surface area contributed by atoms with E-state index in [4.69, 9.17) is 4.74 Å². The van der Waals surface area contributed by atoms with Crippen LogP contribution in [0.4, 0.5) is 0 Å². The van der Waals surface area contributed by atoms with Crippen LogP contribution in [0.2, 0.25) is 0 Å². The summed E-state index contributed by atoms with van der Waals surface area (Å²) in [6.45, 7) is 0.0232. The van der Waals surface area contributed by atoms with Crippen LogP contribution in [-0.2, 0) is 16.1 Å². The number of para-hydroxylation sites is 1. The summed E-state index contributed by atoms with van der Waals surface area (Å²) in [5.41, 5.74) is 0.408. The summed E-state index contributed by atoms with van der Waals surface area (Å²) in [4.78, 5) is 30.6. The maximum atomic E-state index is 11.9. The van der Waals surface area contributed by atoms with Gasteiger partial charge in [0.15, 0.2) is 0 Å². The minimum Gasteiger partial charge on any atom is -0.457 e. The van der Waals surface area contributed by atoms with E-state index in [1.54, 1.807) is 18.2 Å². The number of nitrogens with one attached hydrogen (secondary N) is 1. The molecule has 1 aromatic heterocycles. The molecule has 5 heteroatoms. The number of nitrogens with zero attached hydrogens (tertiary/aromatic N) is 1. The molecule has 0 atom stereocenters. The standard InChI is InChI=1S/C15H16N2O3/c18-14-11-7-3-4-8-12(11)16-13(17-14)9-20-15(19)10-5-1-2-6-10/h3-4,7-8,10H,1-2,5-6,9H2,(H,16,17,18).